The molecule has 0 fully saturated rings. The zero-order chi connectivity index (χ0) is 13.3. The molecule has 0 aliphatic heterocycles. The van der Waals surface area contributed by atoms with Gasteiger partial charge >= 0.3 is 15.0 Å². The number of carbonyl (C=O) groups excluding carboxylic acids is 1. The van der Waals surface area contributed by atoms with Crippen molar-refractivity contribution in [2.75, 3.05) is 27.9 Å². The van der Waals surface area contributed by atoms with Gasteiger partial charge in [0.1, 0.15) is 0 Å². The molecular formula is C10H22O6Si. The number of rotatable bonds is 9. The SMILES string of the molecule is CO[Si](OC)(OC)OC(C)CCCOC(C)=O. The Hall–Kier alpha value is -0.473. The molecule has 0 radical (unpaired) electrons. The van der Waals surface area contributed by atoms with Crippen molar-refractivity contribution in [3.63, 3.8) is 0 Å². The summed E-state index contributed by atoms with van der Waals surface area (Å²) >= 11 is 0. The number of carbonyl (C=O) groups is 1. The van der Waals surface area contributed by atoms with Crippen LogP contribution in [0.5, 0.6) is 0 Å². The van der Waals surface area contributed by atoms with E-state index in [1.807, 2.05) is 6.92 Å². The molecule has 0 N–H and O–H groups in total. The van der Waals surface area contributed by atoms with Gasteiger partial charge in [0.05, 0.1) is 6.61 Å². The monoisotopic (exact) mass is 266 g/mol. The molecule has 6 nitrogen and oxygen atoms in total. The molecule has 102 valence electrons. The highest BCUT2D eigenvalue weighted by atomic mass is 28.4. The van der Waals surface area contributed by atoms with Gasteiger partial charge in [-0.05, 0) is 19.8 Å². The molecule has 0 aromatic heterocycles. The molecule has 17 heavy (non-hydrogen) atoms. The molecule has 0 aliphatic carbocycles. The number of hydrogen-bond acceptors (Lipinski definition) is 6. The number of hydrogen-bond donors (Lipinski definition) is 0. The molecule has 0 aromatic rings. The fourth-order valence-electron chi connectivity index (χ4n) is 1.29. The van der Waals surface area contributed by atoms with Crippen molar-refractivity contribution in [3.8, 4) is 0 Å². The summed E-state index contributed by atoms with van der Waals surface area (Å²) in [4.78, 5) is 10.5. The maximum absolute atomic E-state index is 10.5. The summed E-state index contributed by atoms with van der Waals surface area (Å²) in [6, 6.07) is 0. The van der Waals surface area contributed by atoms with Crippen LogP contribution >= 0.6 is 0 Å². The van der Waals surface area contributed by atoms with Gasteiger partial charge in [0.2, 0.25) is 0 Å². The molecule has 7 heteroatoms. The van der Waals surface area contributed by atoms with E-state index in [0.29, 0.717) is 6.61 Å². The second kappa shape index (κ2) is 8.59. The van der Waals surface area contributed by atoms with Crippen LogP contribution in [-0.4, -0.2) is 49.1 Å². The first-order chi connectivity index (χ1) is 7.99. The summed E-state index contributed by atoms with van der Waals surface area (Å²) in [7, 11) is 1.50. The summed E-state index contributed by atoms with van der Waals surface area (Å²) in [5.41, 5.74) is 0. The van der Waals surface area contributed by atoms with Gasteiger partial charge in [-0.15, -0.1) is 0 Å². The van der Waals surface area contributed by atoms with Crippen molar-refractivity contribution in [1.29, 1.82) is 0 Å². The second-order valence-corrected chi connectivity index (χ2v) is 5.98. The summed E-state index contributed by atoms with van der Waals surface area (Å²) in [5.74, 6) is -0.270. The fourth-order valence-corrected chi connectivity index (χ4v) is 2.69. The van der Waals surface area contributed by atoms with Crippen LogP contribution in [0, 0.1) is 0 Å². The Kier molecular flexibility index (Phi) is 8.35. The normalized spacial score (nSPS) is 13.5. The predicted molar refractivity (Wildman–Crippen MR) is 63.2 cm³/mol. The molecule has 0 aliphatic rings. The van der Waals surface area contributed by atoms with Gasteiger partial charge in [0, 0.05) is 34.4 Å². The summed E-state index contributed by atoms with van der Waals surface area (Å²) < 4.78 is 25.9. The van der Waals surface area contributed by atoms with E-state index in [0.717, 1.165) is 12.8 Å². The molecule has 0 amide bonds. The lowest BCUT2D eigenvalue weighted by atomic mass is 10.2. The van der Waals surface area contributed by atoms with Crippen molar-refractivity contribution in [1.82, 2.24) is 0 Å². The molecule has 0 heterocycles. The van der Waals surface area contributed by atoms with E-state index in [1.54, 1.807) is 0 Å². The minimum atomic E-state index is -2.97. The van der Waals surface area contributed by atoms with Crippen LogP contribution in [0.15, 0.2) is 0 Å². The van der Waals surface area contributed by atoms with E-state index >= 15 is 0 Å². The maximum atomic E-state index is 10.5. The van der Waals surface area contributed by atoms with Gasteiger partial charge in [-0.25, -0.2) is 0 Å². The third-order valence-electron chi connectivity index (χ3n) is 2.16. The van der Waals surface area contributed by atoms with E-state index in [9.17, 15) is 4.79 Å². The van der Waals surface area contributed by atoms with Crippen molar-refractivity contribution in [3.05, 3.63) is 0 Å². The lowest BCUT2D eigenvalue weighted by Gasteiger charge is -2.26. The average molecular weight is 266 g/mol. The molecule has 0 saturated carbocycles. The van der Waals surface area contributed by atoms with Crippen molar-refractivity contribution in [2.24, 2.45) is 0 Å². The Morgan fingerprint density at radius 1 is 1.18 bits per heavy atom. The van der Waals surface area contributed by atoms with Crippen LogP contribution < -0.4 is 0 Å². The topological polar surface area (TPSA) is 63.2 Å². The number of esters is 1. The van der Waals surface area contributed by atoms with Gasteiger partial charge < -0.3 is 22.4 Å². The molecule has 0 saturated heterocycles. The molecule has 0 bridgehead atoms. The third-order valence-corrected chi connectivity index (χ3v) is 4.35. The summed E-state index contributed by atoms with van der Waals surface area (Å²) in [5, 5.41) is 0. The van der Waals surface area contributed by atoms with Crippen LogP contribution in [0.25, 0.3) is 0 Å². The quantitative estimate of drug-likeness (QED) is 0.354. The van der Waals surface area contributed by atoms with Crippen LogP contribution in [0.3, 0.4) is 0 Å². The molecule has 0 aromatic carbocycles. The van der Waals surface area contributed by atoms with E-state index in [-0.39, 0.29) is 12.1 Å². The smallest absolute Gasteiger partial charge is 0.466 e. The van der Waals surface area contributed by atoms with Crippen LogP contribution in [-0.2, 0) is 27.2 Å². The van der Waals surface area contributed by atoms with E-state index in [2.05, 4.69) is 0 Å². The van der Waals surface area contributed by atoms with Crippen molar-refractivity contribution >= 4 is 15.0 Å². The lowest BCUT2D eigenvalue weighted by Crippen LogP contribution is -2.48. The van der Waals surface area contributed by atoms with E-state index in [1.165, 1.54) is 28.3 Å². The minimum absolute atomic E-state index is 0.0860. The summed E-state index contributed by atoms with van der Waals surface area (Å²) in [6.07, 6.45) is 1.37. The highest BCUT2D eigenvalue weighted by Crippen LogP contribution is 2.14. The zero-order valence-electron chi connectivity index (χ0n) is 11.1. The molecule has 1 unspecified atom stereocenters. The minimum Gasteiger partial charge on any atom is -0.466 e. The molecular weight excluding hydrogens is 244 g/mol. The first-order valence-electron chi connectivity index (χ1n) is 5.46. The highest BCUT2D eigenvalue weighted by molar-refractivity contribution is 6.53. The Morgan fingerprint density at radius 2 is 1.71 bits per heavy atom. The first kappa shape index (κ1) is 16.5. The Balaban J connectivity index is 3.90. The second-order valence-electron chi connectivity index (χ2n) is 3.52. The van der Waals surface area contributed by atoms with Crippen molar-refractivity contribution in [2.45, 2.75) is 32.8 Å². The highest BCUT2D eigenvalue weighted by Gasteiger charge is 2.43. The van der Waals surface area contributed by atoms with Crippen LogP contribution in [0.4, 0.5) is 0 Å². The maximum Gasteiger partial charge on any atom is 0.679 e. The summed E-state index contributed by atoms with van der Waals surface area (Å²) in [6.45, 7) is 3.68. The van der Waals surface area contributed by atoms with Gasteiger partial charge in [0.25, 0.3) is 0 Å². The Morgan fingerprint density at radius 3 is 2.12 bits per heavy atom. The predicted octanol–water partition coefficient (Wildman–Crippen LogP) is 1.11. The zero-order valence-corrected chi connectivity index (χ0v) is 12.1. The Bertz CT molecular complexity index is 211. The third kappa shape index (κ3) is 6.74. The lowest BCUT2D eigenvalue weighted by molar-refractivity contribution is -0.141. The largest absolute Gasteiger partial charge is 0.679 e. The van der Waals surface area contributed by atoms with E-state index < -0.39 is 9.05 Å². The molecule has 0 rings (SSSR count). The molecule has 1 atom stereocenters. The standard InChI is InChI=1S/C10H22O6Si/c1-9(7-6-8-15-10(2)11)16-17(12-3,13-4)14-5/h9H,6-8H2,1-5H3. The van der Waals surface area contributed by atoms with Crippen LogP contribution in [0.1, 0.15) is 26.7 Å². The van der Waals surface area contributed by atoms with E-state index in [4.69, 9.17) is 22.4 Å². The van der Waals surface area contributed by atoms with Gasteiger partial charge in [-0.1, -0.05) is 0 Å². The molecule has 0 spiro atoms. The first-order valence-corrected chi connectivity index (χ1v) is 7.09. The van der Waals surface area contributed by atoms with Crippen LogP contribution in [0.2, 0.25) is 0 Å². The number of ether oxygens (including phenoxy) is 1. The van der Waals surface area contributed by atoms with Gasteiger partial charge in [-0.3, -0.25) is 4.79 Å². The average Bonchev–Trinajstić information content (AvgIpc) is 2.32. The van der Waals surface area contributed by atoms with Crippen molar-refractivity contribution < 1.29 is 27.2 Å². The van der Waals surface area contributed by atoms with Gasteiger partial charge in [-0.2, -0.15) is 0 Å². The Labute approximate surface area is 104 Å². The fraction of sp³-hybridized carbons (Fsp3) is 0.900. The van der Waals surface area contributed by atoms with Gasteiger partial charge in [0.15, 0.2) is 0 Å².